The van der Waals surface area contributed by atoms with Gasteiger partial charge >= 0.3 is 11.8 Å². The molecular weight excluding hydrogens is 342 g/mol. The molecule has 0 saturated heterocycles. The van der Waals surface area contributed by atoms with Gasteiger partial charge in [0.25, 0.3) is 0 Å². The number of carbonyl (C=O) groups excluding carboxylic acids is 2. The molecule has 0 heterocycles. The van der Waals surface area contributed by atoms with Crippen LogP contribution in [-0.4, -0.2) is 24.1 Å². The molecule has 2 N–H and O–H groups in total. The zero-order valence-electron chi connectivity index (χ0n) is 13.8. The molecule has 0 unspecified atom stereocenters. The van der Waals surface area contributed by atoms with Crippen LogP contribution in [0.5, 0.6) is 5.75 Å². The Morgan fingerprint density at radius 3 is 2.48 bits per heavy atom. The Labute approximate surface area is 150 Å². The molecule has 2 amide bonds. The SMILES string of the molecule is CC(C)Oc1ccc(/C=N\NC(=O)C(=O)Nc2cccc(Cl)c2)cc1. The molecule has 0 aromatic heterocycles. The molecule has 0 aliphatic heterocycles. The molecule has 130 valence electrons. The second kappa shape index (κ2) is 8.84. The van der Waals surface area contributed by atoms with Crippen molar-refractivity contribution in [3.8, 4) is 5.75 Å². The van der Waals surface area contributed by atoms with Gasteiger partial charge in [-0.15, -0.1) is 0 Å². The Morgan fingerprint density at radius 1 is 1.12 bits per heavy atom. The lowest BCUT2D eigenvalue weighted by atomic mass is 10.2. The van der Waals surface area contributed by atoms with Gasteiger partial charge in [-0.25, -0.2) is 5.43 Å². The van der Waals surface area contributed by atoms with Crippen molar-refractivity contribution in [1.29, 1.82) is 0 Å². The number of anilines is 1. The maximum absolute atomic E-state index is 11.8. The van der Waals surface area contributed by atoms with Gasteiger partial charge in [-0.1, -0.05) is 17.7 Å². The normalized spacial score (nSPS) is 10.7. The molecule has 0 aliphatic rings. The Balaban J connectivity index is 1.86. The Hall–Kier alpha value is -2.86. The molecule has 6 nitrogen and oxygen atoms in total. The molecule has 0 atom stereocenters. The third-order valence-electron chi connectivity index (χ3n) is 2.92. The number of rotatable bonds is 5. The van der Waals surface area contributed by atoms with Crippen LogP contribution in [0.3, 0.4) is 0 Å². The molecule has 2 rings (SSSR count). The van der Waals surface area contributed by atoms with E-state index in [1.807, 2.05) is 13.8 Å². The lowest BCUT2D eigenvalue weighted by Crippen LogP contribution is -2.32. The number of carbonyl (C=O) groups is 2. The van der Waals surface area contributed by atoms with Gasteiger partial charge in [0.2, 0.25) is 0 Å². The molecule has 2 aromatic carbocycles. The maximum atomic E-state index is 11.8. The third-order valence-corrected chi connectivity index (χ3v) is 3.16. The third kappa shape index (κ3) is 6.27. The monoisotopic (exact) mass is 359 g/mol. The number of hydrogen-bond donors (Lipinski definition) is 2. The number of benzene rings is 2. The van der Waals surface area contributed by atoms with E-state index in [0.717, 1.165) is 11.3 Å². The summed E-state index contributed by atoms with van der Waals surface area (Å²) in [5, 5.41) is 6.65. The smallest absolute Gasteiger partial charge is 0.329 e. The minimum absolute atomic E-state index is 0.0943. The molecular formula is C18H18ClN3O3. The molecule has 2 aromatic rings. The summed E-state index contributed by atoms with van der Waals surface area (Å²) >= 11 is 5.81. The fourth-order valence-electron chi connectivity index (χ4n) is 1.87. The van der Waals surface area contributed by atoms with Crippen LogP contribution in [0.4, 0.5) is 5.69 Å². The lowest BCUT2D eigenvalue weighted by Gasteiger charge is -2.09. The van der Waals surface area contributed by atoms with Gasteiger partial charge in [0.15, 0.2) is 0 Å². The summed E-state index contributed by atoms with van der Waals surface area (Å²) in [6.45, 7) is 3.89. The predicted molar refractivity (Wildman–Crippen MR) is 98.0 cm³/mol. The number of nitrogens with one attached hydrogen (secondary N) is 2. The number of ether oxygens (including phenoxy) is 1. The van der Waals surface area contributed by atoms with E-state index in [1.165, 1.54) is 12.3 Å². The summed E-state index contributed by atoms with van der Waals surface area (Å²) in [5.41, 5.74) is 3.35. The molecule has 0 radical (unpaired) electrons. The van der Waals surface area contributed by atoms with E-state index in [1.54, 1.807) is 42.5 Å². The maximum Gasteiger partial charge on any atom is 0.329 e. The largest absolute Gasteiger partial charge is 0.491 e. The quantitative estimate of drug-likeness (QED) is 0.488. The van der Waals surface area contributed by atoms with Crippen LogP contribution in [-0.2, 0) is 9.59 Å². The zero-order valence-corrected chi connectivity index (χ0v) is 14.6. The van der Waals surface area contributed by atoms with E-state index in [9.17, 15) is 9.59 Å². The van der Waals surface area contributed by atoms with E-state index in [0.29, 0.717) is 10.7 Å². The van der Waals surface area contributed by atoms with Crippen molar-refractivity contribution in [2.45, 2.75) is 20.0 Å². The Bertz CT molecular complexity index is 773. The molecule has 0 spiro atoms. The number of hydrazone groups is 1. The first-order chi connectivity index (χ1) is 11.9. The van der Waals surface area contributed by atoms with Crippen LogP contribution in [0.1, 0.15) is 19.4 Å². The summed E-state index contributed by atoms with van der Waals surface area (Å²) in [5.74, 6) is -0.965. The van der Waals surface area contributed by atoms with Gasteiger partial charge in [-0.05, 0) is 61.9 Å². The second-order valence-electron chi connectivity index (χ2n) is 5.40. The number of halogens is 1. The van der Waals surface area contributed by atoms with Crippen molar-refractivity contribution in [3.05, 3.63) is 59.1 Å². The summed E-state index contributed by atoms with van der Waals surface area (Å²) < 4.78 is 5.53. The number of nitrogens with zero attached hydrogens (tertiary/aromatic N) is 1. The van der Waals surface area contributed by atoms with Gasteiger partial charge in [0, 0.05) is 10.7 Å². The van der Waals surface area contributed by atoms with Gasteiger partial charge in [-0.3, -0.25) is 9.59 Å². The zero-order chi connectivity index (χ0) is 18.2. The van der Waals surface area contributed by atoms with Crippen LogP contribution < -0.4 is 15.5 Å². The van der Waals surface area contributed by atoms with E-state index >= 15 is 0 Å². The summed E-state index contributed by atoms with van der Waals surface area (Å²) in [7, 11) is 0. The highest BCUT2D eigenvalue weighted by Crippen LogP contribution is 2.14. The van der Waals surface area contributed by atoms with E-state index in [-0.39, 0.29) is 6.10 Å². The molecule has 0 bridgehead atoms. The predicted octanol–water partition coefficient (Wildman–Crippen LogP) is 3.22. The van der Waals surface area contributed by atoms with Crippen molar-refractivity contribution >= 4 is 35.3 Å². The van der Waals surface area contributed by atoms with Crippen molar-refractivity contribution in [2.24, 2.45) is 5.10 Å². The Kier molecular flexibility index (Phi) is 6.54. The summed E-state index contributed by atoms with van der Waals surface area (Å²) in [4.78, 5) is 23.5. The number of amides is 2. The van der Waals surface area contributed by atoms with Crippen LogP contribution in [0.2, 0.25) is 5.02 Å². The summed E-state index contributed by atoms with van der Waals surface area (Å²) in [6.07, 6.45) is 1.53. The van der Waals surface area contributed by atoms with E-state index in [2.05, 4.69) is 15.8 Å². The lowest BCUT2D eigenvalue weighted by molar-refractivity contribution is -0.136. The van der Waals surface area contributed by atoms with Gasteiger partial charge in [-0.2, -0.15) is 5.10 Å². The van der Waals surface area contributed by atoms with Crippen molar-refractivity contribution in [2.75, 3.05) is 5.32 Å². The van der Waals surface area contributed by atoms with Gasteiger partial charge in [0.05, 0.1) is 12.3 Å². The van der Waals surface area contributed by atoms with E-state index in [4.69, 9.17) is 16.3 Å². The molecule has 0 aliphatic carbocycles. The average Bonchev–Trinajstić information content (AvgIpc) is 2.56. The first kappa shape index (κ1) is 18.5. The van der Waals surface area contributed by atoms with Crippen molar-refractivity contribution in [3.63, 3.8) is 0 Å². The average molecular weight is 360 g/mol. The second-order valence-corrected chi connectivity index (χ2v) is 5.84. The minimum atomic E-state index is -0.879. The highest BCUT2D eigenvalue weighted by molar-refractivity contribution is 6.39. The topological polar surface area (TPSA) is 79.8 Å². The van der Waals surface area contributed by atoms with E-state index < -0.39 is 11.8 Å². The Morgan fingerprint density at radius 2 is 1.84 bits per heavy atom. The first-order valence-electron chi connectivity index (χ1n) is 7.60. The fraction of sp³-hybridized carbons (Fsp3) is 0.167. The highest BCUT2D eigenvalue weighted by atomic mass is 35.5. The van der Waals surface area contributed by atoms with Crippen LogP contribution in [0, 0.1) is 0 Å². The fourth-order valence-corrected chi connectivity index (χ4v) is 2.07. The molecule has 25 heavy (non-hydrogen) atoms. The highest BCUT2D eigenvalue weighted by Gasteiger charge is 2.12. The van der Waals surface area contributed by atoms with Crippen LogP contribution in [0.15, 0.2) is 53.6 Å². The van der Waals surface area contributed by atoms with Crippen LogP contribution in [0.25, 0.3) is 0 Å². The molecule has 7 heteroatoms. The first-order valence-corrected chi connectivity index (χ1v) is 7.98. The molecule has 0 saturated carbocycles. The van der Waals surface area contributed by atoms with Crippen molar-refractivity contribution < 1.29 is 14.3 Å². The van der Waals surface area contributed by atoms with Gasteiger partial charge < -0.3 is 10.1 Å². The minimum Gasteiger partial charge on any atom is -0.491 e. The standard InChI is InChI=1S/C18H18ClN3O3/c1-12(2)25-16-8-6-13(7-9-16)11-20-22-18(24)17(23)21-15-5-3-4-14(19)10-15/h3-12H,1-2H3,(H,21,23)(H,22,24)/b20-11-. The van der Waals surface area contributed by atoms with Crippen LogP contribution >= 0.6 is 11.6 Å². The van der Waals surface area contributed by atoms with Crippen molar-refractivity contribution in [1.82, 2.24) is 5.43 Å². The summed E-state index contributed by atoms with van der Waals surface area (Å²) in [6, 6.07) is 13.7. The molecule has 0 fully saturated rings. The van der Waals surface area contributed by atoms with Gasteiger partial charge in [0.1, 0.15) is 5.75 Å². The number of hydrogen-bond acceptors (Lipinski definition) is 4.